The molecule has 2 aromatic carbocycles. The van der Waals surface area contributed by atoms with Gasteiger partial charge in [0.2, 0.25) is 0 Å². The summed E-state index contributed by atoms with van der Waals surface area (Å²) in [5, 5.41) is 13.9. The van der Waals surface area contributed by atoms with Crippen LogP contribution < -0.4 is 0 Å². The fourth-order valence-electron chi connectivity index (χ4n) is 4.37. The van der Waals surface area contributed by atoms with E-state index in [4.69, 9.17) is 23.2 Å². The van der Waals surface area contributed by atoms with Gasteiger partial charge in [-0.15, -0.1) is 0 Å². The van der Waals surface area contributed by atoms with Gasteiger partial charge in [-0.1, -0.05) is 60.5 Å². The van der Waals surface area contributed by atoms with Gasteiger partial charge in [0, 0.05) is 16.1 Å². The number of para-hydroxylation sites is 1. The molecule has 3 amide bonds. The molecular weight excluding hydrogens is 469 g/mol. The fraction of sp³-hybridized carbons (Fsp3) is 0.261. The van der Waals surface area contributed by atoms with Gasteiger partial charge in [0.25, 0.3) is 23.4 Å². The van der Waals surface area contributed by atoms with Crippen molar-refractivity contribution in [3.8, 4) is 0 Å². The zero-order chi connectivity index (χ0) is 23.9. The van der Waals surface area contributed by atoms with Crippen LogP contribution in [0.4, 0.5) is 5.69 Å². The highest BCUT2D eigenvalue weighted by molar-refractivity contribution is 6.35. The third-order valence-electron chi connectivity index (χ3n) is 5.99. The second kappa shape index (κ2) is 8.96. The van der Waals surface area contributed by atoms with Crippen LogP contribution in [0.25, 0.3) is 0 Å². The van der Waals surface area contributed by atoms with E-state index in [9.17, 15) is 24.5 Å². The first-order valence-corrected chi connectivity index (χ1v) is 11.0. The molecule has 1 aliphatic heterocycles. The molecule has 0 saturated carbocycles. The normalized spacial score (nSPS) is 21.8. The van der Waals surface area contributed by atoms with E-state index in [1.54, 1.807) is 12.1 Å². The summed E-state index contributed by atoms with van der Waals surface area (Å²) in [6.45, 7) is 1.59. The zero-order valence-corrected chi connectivity index (χ0v) is 19.0. The molecule has 0 aromatic heterocycles. The smallest absolute Gasteiger partial charge is 0.272 e. The van der Waals surface area contributed by atoms with Gasteiger partial charge in [-0.25, -0.2) is 5.01 Å². The Morgan fingerprint density at radius 2 is 1.91 bits per heavy atom. The number of nitro groups is 1. The summed E-state index contributed by atoms with van der Waals surface area (Å²) < 4.78 is 0. The Balaban J connectivity index is 1.80. The largest absolute Gasteiger partial charge is 0.282 e. The van der Waals surface area contributed by atoms with Crippen LogP contribution in [0.5, 0.6) is 0 Å². The number of halogens is 2. The van der Waals surface area contributed by atoms with Gasteiger partial charge in [0.1, 0.15) is 5.56 Å². The molecule has 2 aromatic rings. The van der Waals surface area contributed by atoms with Crippen LogP contribution in [0.15, 0.2) is 54.6 Å². The predicted octanol–water partition coefficient (Wildman–Crippen LogP) is 4.66. The minimum absolute atomic E-state index is 0.188. The molecule has 0 N–H and O–H groups in total. The van der Waals surface area contributed by atoms with Gasteiger partial charge in [-0.3, -0.25) is 24.5 Å². The van der Waals surface area contributed by atoms with Crippen LogP contribution >= 0.6 is 23.2 Å². The molecule has 10 heteroatoms. The average Bonchev–Trinajstić information content (AvgIpc) is 3.04. The van der Waals surface area contributed by atoms with Crippen molar-refractivity contribution in [3.05, 3.63) is 85.9 Å². The highest BCUT2D eigenvalue weighted by atomic mass is 35.5. The number of hydrogen-bond acceptors (Lipinski definition) is 5. The van der Waals surface area contributed by atoms with E-state index in [1.807, 2.05) is 19.1 Å². The minimum atomic E-state index is -0.853. The summed E-state index contributed by atoms with van der Waals surface area (Å²) >= 11 is 12.3. The molecule has 1 saturated heterocycles. The topological polar surface area (TPSA) is 101 Å². The Labute approximate surface area is 199 Å². The van der Waals surface area contributed by atoms with E-state index >= 15 is 0 Å². The molecule has 8 nitrogen and oxygen atoms in total. The minimum Gasteiger partial charge on any atom is -0.272 e. The lowest BCUT2D eigenvalue weighted by Crippen LogP contribution is -2.50. The maximum Gasteiger partial charge on any atom is 0.282 e. The number of carbonyl (C=O) groups is 3. The Morgan fingerprint density at radius 3 is 2.58 bits per heavy atom. The van der Waals surface area contributed by atoms with Crippen LogP contribution in [-0.4, -0.2) is 32.7 Å². The summed E-state index contributed by atoms with van der Waals surface area (Å²) in [4.78, 5) is 51.2. The number of fused-ring (bicyclic) bond motifs is 1. The Kier molecular flexibility index (Phi) is 6.23. The molecular formula is C23H19Cl2N3O5. The number of imide groups is 1. The summed E-state index contributed by atoms with van der Waals surface area (Å²) in [6, 6.07) is 10.0. The molecule has 1 aliphatic carbocycles. The number of hydrogen-bond donors (Lipinski definition) is 0. The Hall–Kier alpha value is -3.23. The van der Waals surface area contributed by atoms with Gasteiger partial charge < -0.3 is 0 Å². The Bertz CT molecular complexity index is 1200. The number of nitro benzene ring substituents is 1. The molecule has 3 atom stereocenters. The van der Waals surface area contributed by atoms with Crippen molar-refractivity contribution in [1.82, 2.24) is 10.0 Å². The van der Waals surface area contributed by atoms with Crippen LogP contribution in [0.1, 0.15) is 29.3 Å². The monoisotopic (exact) mass is 487 g/mol. The number of allylic oxidation sites excluding steroid dienone is 2. The zero-order valence-electron chi connectivity index (χ0n) is 17.5. The van der Waals surface area contributed by atoms with E-state index in [2.05, 4.69) is 0 Å². The number of carbonyl (C=O) groups excluding carboxylic acids is 3. The third kappa shape index (κ3) is 4.12. The van der Waals surface area contributed by atoms with Gasteiger partial charge >= 0.3 is 0 Å². The van der Waals surface area contributed by atoms with E-state index in [0.717, 1.165) is 10.0 Å². The molecule has 1 fully saturated rings. The molecule has 33 heavy (non-hydrogen) atoms. The molecule has 0 bridgehead atoms. The SMILES string of the molecule is C[C@@H]1C=CC[C@@H]2C(=O)N(N(Cc3ccc(Cl)cc3Cl)C(=O)c3ccccc3[N+](=O)[O-])C(=O)[C@@H]12. The van der Waals surface area contributed by atoms with Crippen LogP contribution in [0.2, 0.25) is 10.0 Å². The second-order valence-corrected chi connectivity index (χ2v) is 8.86. The van der Waals surface area contributed by atoms with Crippen molar-refractivity contribution in [1.29, 1.82) is 0 Å². The standard InChI is InChI=1S/C23H19Cl2N3O5/c1-13-5-4-7-17-20(13)23(31)27(22(17)30)26(12-14-9-10-15(24)11-18(14)25)21(29)16-6-2-3-8-19(16)28(32)33/h2-6,8-11,13,17,20H,7,12H2,1H3/t13-,17+,20+/m1/s1. The molecule has 0 spiro atoms. The third-order valence-corrected chi connectivity index (χ3v) is 6.58. The molecule has 0 radical (unpaired) electrons. The van der Waals surface area contributed by atoms with E-state index < -0.39 is 40.2 Å². The second-order valence-electron chi connectivity index (χ2n) is 8.02. The first-order chi connectivity index (χ1) is 15.7. The van der Waals surface area contributed by atoms with E-state index in [0.29, 0.717) is 17.0 Å². The number of rotatable bonds is 5. The van der Waals surface area contributed by atoms with Gasteiger partial charge in [0.15, 0.2) is 0 Å². The van der Waals surface area contributed by atoms with Gasteiger partial charge in [-0.05, 0) is 36.1 Å². The van der Waals surface area contributed by atoms with E-state index in [-0.39, 0.29) is 23.0 Å². The van der Waals surface area contributed by atoms with Crippen LogP contribution in [0, 0.1) is 27.9 Å². The number of benzene rings is 2. The maximum atomic E-state index is 13.6. The summed E-state index contributed by atoms with van der Waals surface area (Å²) in [6.07, 6.45) is 4.11. The molecule has 1 heterocycles. The average molecular weight is 488 g/mol. The number of hydrazine groups is 1. The Morgan fingerprint density at radius 1 is 1.18 bits per heavy atom. The first kappa shape index (κ1) is 22.9. The van der Waals surface area contributed by atoms with Crippen molar-refractivity contribution in [2.45, 2.75) is 19.9 Å². The van der Waals surface area contributed by atoms with Crippen molar-refractivity contribution >= 4 is 46.6 Å². The van der Waals surface area contributed by atoms with E-state index in [1.165, 1.54) is 30.3 Å². The lowest BCUT2D eigenvalue weighted by molar-refractivity contribution is -0.385. The van der Waals surface area contributed by atoms with Crippen LogP contribution in [-0.2, 0) is 16.1 Å². The fourth-order valence-corrected chi connectivity index (χ4v) is 4.83. The lowest BCUT2D eigenvalue weighted by Gasteiger charge is -2.31. The summed E-state index contributed by atoms with van der Waals surface area (Å²) in [5.74, 6) is -3.28. The summed E-state index contributed by atoms with van der Waals surface area (Å²) in [5.41, 5.74) is -0.245. The van der Waals surface area contributed by atoms with Crippen molar-refractivity contribution in [2.24, 2.45) is 17.8 Å². The van der Waals surface area contributed by atoms with Crippen molar-refractivity contribution in [2.75, 3.05) is 0 Å². The lowest BCUT2D eigenvalue weighted by atomic mass is 9.78. The summed E-state index contributed by atoms with van der Waals surface area (Å²) in [7, 11) is 0. The maximum absolute atomic E-state index is 13.6. The quantitative estimate of drug-likeness (QED) is 0.264. The molecule has 0 unspecified atom stereocenters. The van der Waals surface area contributed by atoms with Crippen molar-refractivity contribution < 1.29 is 19.3 Å². The first-order valence-electron chi connectivity index (χ1n) is 10.2. The highest BCUT2D eigenvalue weighted by Gasteiger charge is 2.53. The number of amides is 3. The van der Waals surface area contributed by atoms with Crippen molar-refractivity contribution in [3.63, 3.8) is 0 Å². The highest BCUT2D eigenvalue weighted by Crippen LogP contribution is 2.40. The number of nitrogens with zero attached hydrogens (tertiary/aromatic N) is 3. The molecule has 4 rings (SSSR count). The van der Waals surface area contributed by atoms with Gasteiger partial charge in [0.05, 0.1) is 23.3 Å². The molecule has 170 valence electrons. The van der Waals surface area contributed by atoms with Gasteiger partial charge in [-0.2, -0.15) is 5.01 Å². The molecule has 2 aliphatic rings. The predicted molar refractivity (Wildman–Crippen MR) is 121 cm³/mol. The van der Waals surface area contributed by atoms with Crippen LogP contribution in [0.3, 0.4) is 0 Å².